The first-order valence-corrected chi connectivity index (χ1v) is 6.33. The van der Waals surface area contributed by atoms with E-state index < -0.39 is 0 Å². The number of oxime groups is 1. The van der Waals surface area contributed by atoms with Crippen molar-refractivity contribution in [1.29, 1.82) is 0 Å². The van der Waals surface area contributed by atoms with Crippen molar-refractivity contribution >= 4 is 21.6 Å². The molecule has 76 valence electrons. The molecule has 1 heterocycles. The Balaban J connectivity index is 2.27. The molecule has 13 heavy (non-hydrogen) atoms. The quantitative estimate of drug-likeness (QED) is 0.425. The summed E-state index contributed by atoms with van der Waals surface area (Å²) < 4.78 is 0. The van der Waals surface area contributed by atoms with Crippen LogP contribution < -0.4 is 5.73 Å². The minimum atomic E-state index is 0.534. The SMILES string of the molecule is CC=S1CCC(=NOCCN)CC1. The molecule has 0 unspecified atom stereocenters. The lowest BCUT2D eigenvalue weighted by Gasteiger charge is -2.16. The van der Waals surface area contributed by atoms with E-state index in [9.17, 15) is 0 Å². The molecule has 0 radical (unpaired) electrons. The molecule has 0 spiro atoms. The first kappa shape index (κ1) is 10.7. The summed E-state index contributed by atoms with van der Waals surface area (Å²) in [4.78, 5) is 5.05. The van der Waals surface area contributed by atoms with Gasteiger partial charge in [0.25, 0.3) is 0 Å². The van der Waals surface area contributed by atoms with E-state index in [0.29, 0.717) is 23.6 Å². The van der Waals surface area contributed by atoms with E-state index in [1.807, 2.05) is 0 Å². The Morgan fingerprint density at radius 2 is 2.23 bits per heavy atom. The lowest BCUT2D eigenvalue weighted by atomic mass is 10.2. The lowest BCUT2D eigenvalue weighted by Crippen LogP contribution is -2.13. The van der Waals surface area contributed by atoms with Crippen LogP contribution in [0.1, 0.15) is 19.8 Å². The number of hydrogen-bond acceptors (Lipinski definition) is 3. The molecule has 0 aromatic rings. The fraction of sp³-hybridized carbons (Fsp3) is 0.778. The first-order valence-electron chi connectivity index (χ1n) is 4.70. The fourth-order valence-electron chi connectivity index (χ4n) is 1.24. The molecule has 1 rings (SSSR count). The molecular formula is C9H18N2OS. The zero-order valence-electron chi connectivity index (χ0n) is 8.16. The number of hydrogen-bond donors (Lipinski definition) is 1. The number of nitrogens with zero attached hydrogens (tertiary/aromatic N) is 1. The minimum Gasteiger partial charge on any atom is -0.395 e. The van der Waals surface area contributed by atoms with Gasteiger partial charge in [0.15, 0.2) is 0 Å². The molecule has 1 aliphatic heterocycles. The maximum absolute atomic E-state index is 5.29. The Morgan fingerprint density at radius 3 is 2.77 bits per heavy atom. The van der Waals surface area contributed by atoms with Crippen LogP contribution in [-0.2, 0) is 4.84 Å². The molecule has 0 saturated carbocycles. The van der Waals surface area contributed by atoms with E-state index in [2.05, 4.69) is 17.4 Å². The number of nitrogens with two attached hydrogens (primary N) is 1. The van der Waals surface area contributed by atoms with E-state index in [0.717, 1.165) is 12.8 Å². The second kappa shape index (κ2) is 6.16. The minimum absolute atomic E-state index is 0.534. The predicted octanol–water partition coefficient (Wildman–Crippen LogP) is 1.20. The van der Waals surface area contributed by atoms with Crippen molar-refractivity contribution in [2.75, 3.05) is 24.7 Å². The van der Waals surface area contributed by atoms with Crippen LogP contribution in [0.2, 0.25) is 0 Å². The van der Waals surface area contributed by atoms with Crippen LogP contribution in [0.15, 0.2) is 5.16 Å². The molecule has 0 aromatic carbocycles. The summed E-state index contributed by atoms with van der Waals surface area (Å²) >= 11 is 0. The summed E-state index contributed by atoms with van der Waals surface area (Å²) in [6, 6.07) is 0. The van der Waals surface area contributed by atoms with Gasteiger partial charge in [-0.3, -0.25) is 0 Å². The average molecular weight is 202 g/mol. The van der Waals surface area contributed by atoms with Gasteiger partial charge in [-0.1, -0.05) is 10.5 Å². The van der Waals surface area contributed by atoms with Crippen molar-refractivity contribution in [2.24, 2.45) is 10.9 Å². The van der Waals surface area contributed by atoms with E-state index in [1.165, 1.54) is 17.2 Å². The van der Waals surface area contributed by atoms with E-state index in [-0.39, 0.29) is 0 Å². The van der Waals surface area contributed by atoms with Gasteiger partial charge in [-0.25, -0.2) is 0 Å². The molecule has 2 N–H and O–H groups in total. The molecule has 0 aromatic heterocycles. The maximum atomic E-state index is 5.29. The normalized spacial score (nSPS) is 22.6. The first-order chi connectivity index (χ1) is 6.36. The van der Waals surface area contributed by atoms with Crippen LogP contribution in [-0.4, -0.2) is 35.7 Å². The molecule has 0 atom stereocenters. The van der Waals surface area contributed by atoms with Crippen molar-refractivity contribution in [3.05, 3.63) is 0 Å². The summed E-state index contributed by atoms with van der Waals surface area (Å²) in [6.45, 7) is 3.23. The highest BCUT2D eigenvalue weighted by atomic mass is 32.2. The van der Waals surface area contributed by atoms with Gasteiger partial charge in [-0.15, -0.1) is 0 Å². The summed E-state index contributed by atoms with van der Waals surface area (Å²) in [7, 11) is 0.534. The Morgan fingerprint density at radius 1 is 1.54 bits per heavy atom. The summed E-state index contributed by atoms with van der Waals surface area (Å²) in [5.41, 5.74) is 6.50. The third-order valence-electron chi connectivity index (χ3n) is 2.04. The van der Waals surface area contributed by atoms with Gasteiger partial charge in [0.2, 0.25) is 0 Å². The van der Waals surface area contributed by atoms with Gasteiger partial charge in [0.05, 0.1) is 5.71 Å². The molecule has 1 fully saturated rings. The van der Waals surface area contributed by atoms with Crippen molar-refractivity contribution in [3.8, 4) is 0 Å². The Hall–Kier alpha value is -0.350. The maximum Gasteiger partial charge on any atom is 0.129 e. The molecule has 0 amide bonds. The van der Waals surface area contributed by atoms with Crippen molar-refractivity contribution < 1.29 is 4.84 Å². The van der Waals surface area contributed by atoms with Crippen molar-refractivity contribution in [2.45, 2.75) is 19.8 Å². The molecule has 1 aliphatic rings. The smallest absolute Gasteiger partial charge is 0.129 e. The third kappa shape index (κ3) is 3.91. The van der Waals surface area contributed by atoms with Crippen molar-refractivity contribution in [3.63, 3.8) is 0 Å². The van der Waals surface area contributed by atoms with Crippen LogP contribution >= 0.6 is 10.5 Å². The largest absolute Gasteiger partial charge is 0.395 e. The molecule has 1 saturated heterocycles. The van der Waals surface area contributed by atoms with Crippen LogP contribution in [0.25, 0.3) is 0 Å². The Bertz CT molecular complexity index is 202. The summed E-state index contributed by atoms with van der Waals surface area (Å²) in [5.74, 6) is 2.50. The average Bonchev–Trinajstić information content (AvgIpc) is 2.19. The monoisotopic (exact) mass is 202 g/mol. The van der Waals surface area contributed by atoms with Gasteiger partial charge in [0, 0.05) is 6.54 Å². The van der Waals surface area contributed by atoms with Gasteiger partial charge >= 0.3 is 0 Å². The number of rotatable bonds is 3. The van der Waals surface area contributed by atoms with Gasteiger partial charge < -0.3 is 10.6 Å². The molecule has 4 heteroatoms. The van der Waals surface area contributed by atoms with Gasteiger partial charge in [-0.2, -0.15) is 10.5 Å². The standard InChI is InChI=1S/C9H18N2OS/c1-2-13-7-3-9(4-8-13)11-12-6-5-10/h2H,3-8,10H2,1H3. The van der Waals surface area contributed by atoms with Crippen molar-refractivity contribution in [1.82, 2.24) is 0 Å². The summed E-state index contributed by atoms with van der Waals surface area (Å²) in [5, 5.41) is 6.39. The highest BCUT2D eigenvalue weighted by Gasteiger charge is 2.09. The van der Waals surface area contributed by atoms with E-state index in [1.54, 1.807) is 0 Å². The second-order valence-corrected chi connectivity index (χ2v) is 5.32. The Kier molecular flexibility index (Phi) is 5.08. The second-order valence-electron chi connectivity index (χ2n) is 2.96. The van der Waals surface area contributed by atoms with Crippen LogP contribution in [0.4, 0.5) is 0 Å². The highest BCUT2D eigenvalue weighted by molar-refractivity contribution is 8.15. The Labute approximate surface area is 82.3 Å². The third-order valence-corrected chi connectivity index (χ3v) is 4.17. The zero-order valence-corrected chi connectivity index (χ0v) is 8.98. The summed E-state index contributed by atoms with van der Waals surface area (Å²) in [6.07, 6.45) is 2.19. The molecule has 0 bridgehead atoms. The van der Waals surface area contributed by atoms with E-state index >= 15 is 0 Å². The predicted molar refractivity (Wildman–Crippen MR) is 60.7 cm³/mol. The fourth-order valence-corrected chi connectivity index (χ4v) is 2.91. The molecular weight excluding hydrogens is 184 g/mol. The zero-order chi connectivity index (χ0) is 9.52. The van der Waals surface area contributed by atoms with Gasteiger partial charge in [0.1, 0.15) is 6.61 Å². The van der Waals surface area contributed by atoms with Crippen LogP contribution in [0.3, 0.4) is 0 Å². The van der Waals surface area contributed by atoms with E-state index in [4.69, 9.17) is 10.6 Å². The van der Waals surface area contributed by atoms with Crippen LogP contribution in [0.5, 0.6) is 0 Å². The van der Waals surface area contributed by atoms with Gasteiger partial charge in [-0.05, 0) is 31.3 Å². The van der Waals surface area contributed by atoms with Crippen LogP contribution in [0, 0.1) is 0 Å². The molecule has 0 aliphatic carbocycles. The lowest BCUT2D eigenvalue weighted by molar-refractivity contribution is 0.151. The topological polar surface area (TPSA) is 47.6 Å². The highest BCUT2D eigenvalue weighted by Crippen LogP contribution is 2.21. The molecule has 3 nitrogen and oxygen atoms in total.